The van der Waals surface area contributed by atoms with Crippen molar-refractivity contribution >= 4 is 39.6 Å². The van der Waals surface area contributed by atoms with E-state index < -0.39 is 4.92 Å². The molecular weight excluding hydrogens is 294 g/mol. The van der Waals surface area contributed by atoms with Crippen LogP contribution in [0.2, 0.25) is 0 Å². The third-order valence-corrected chi connectivity index (χ3v) is 2.49. The largest absolute Gasteiger partial charge is 0.379 e. The highest BCUT2D eigenvalue weighted by atomic mass is 79.9. The number of amidine groups is 1. The van der Waals surface area contributed by atoms with Crippen molar-refractivity contribution < 1.29 is 4.92 Å². The Balaban J connectivity index is 0.00000225. The van der Waals surface area contributed by atoms with Gasteiger partial charge in [-0.15, -0.1) is 17.0 Å². The molecule has 0 aliphatic rings. The molecule has 0 heterocycles. The first-order valence-corrected chi connectivity index (χ1v) is 5.28. The second-order valence-corrected chi connectivity index (χ2v) is 4.03. The molecule has 0 amide bonds. The maximum Gasteiger partial charge on any atom is 0.269 e. The second-order valence-electron chi connectivity index (χ2n) is 2.89. The number of non-ortho nitro benzene ring substituents is 1. The normalized spacial score (nSPS) is 9.25. The third-order valence-electron chi connectivity index (χ3n) is 1.77. The molecule has 88 valence electrons. The predicted octanol–water partition coefficient (Wildman–Crippen LogP) is 2.34. The van der Waals surface area contributed by atoms with Crippen LogP contribution >= 0.6 is 28.7 Å². The summed E-state index contributed by atoms with van der Waals surface area (Å²) in [5.74, 6) is 0.663. The van der Waals surface area contributed by atoms with E-state index in [0.717, 1.165) is 5.56 Å². The van der Waals surface area contributed by atoms with Crippen LogP contribution in [-0.2, 0) is 6.42 Å². The second kappa shape index (κ2) is 7.24. The molecule has 0 aromatic heterocycles. The number of aryl methyl sites for hydroxylation is 1. The number of nitrogens with zero attached hydrogens (tertiary/aromatic N) is 1. The van der Waals surface area contributed by atoms with E-state index in [1.165, 1.54) is 17.8 Å². The summed E-state index contributed by atoms with van der Waals surface area (Å²) in [4.78, 5) is 10.1. The zero-order valence-corrected chi connectivity index (χ0v) is 10.9. The number of hydrogen-bond acceptors (Lipinski definition) is 4. The molecule has 3 N–H and O–H groups in total. The highest BCUT2D eigenvalue weighted by Crippen LogP contribution is 2.14. The van der Waals surface area contributed by atoms with Crippen LogP contribution in [0, 0.1) is 15.5 Å². The van der Waals surface area contributed by atoms with Crippen LogP contribution in [0.25, 0.3) is 0 Å². The van der Waals surface area contributed by atoms with Gasteiger partial charge in [0.2, 0.25) is 0 Å². The minimum absolute atomic E-state index is 0. The van der Waals surface area contributed by atoms with Gasteiger partial charge in [-0.2, -0.15) is 0 Å². The standard InChI is InChI=1S/C9H11N3O2S.BrH/c10-9(11)15-5-4-7-2-1-3-8(6-7)12(13)14;/h1-3,6H,4-5H2,(H3,10,11);1H. The molecule has 1 aromatic carbocycles. The summed E-state index contributed by atoms with van der Waals surface area (Å²) in [6, 6.07) is 6.49. The first-order valence-electron chi connectivity index (χ1n) is 4.30. The lowest BCUT2D eigenvalue weighted by Crippen LogP contribution is -2.05. The molecule has 0 aliphatic heterocycles. The van der Waals surface area contributed by atoms with Crippen molar-refractivity contribution in [3.8, 4) is 0 Å². The molecule has 0 saturated heterocycles. The molecule has 5 nitrogen and oxygen atoms in total. The van der Waals surface area contributed by atoms with Gasteiger partial charge in [0.05, 0.1) is 4.92 Å². The van der Waals surface area contributed by atoms with Gasteiger partial charge in [0.25, 0.3) is 5.69 Å². The zero-order valence-electron chi connectivity index (χ0n) is 8.38. The van der Waals surface area contributed by atoms with Gasteiger partial charge < -0.3 is 5.73 Å². The number of rotatable bonds is 4. The number of thioether (sulfide) groups is 1. The molecule has 0 bridgehead atoms. The topological polar surface area (TPSA) is 93.0 Å². The summed E-state index contributed by atoms with van der Waals surface area (Å²) < 4.78 is 0. The number of nitrogens with two attached hydrogens (primary N) is 1. The average Bonchev–Trinajstić information content (AvgIpc) is 2.17. The molecule has 1 rings (SSSR count). The van der Waals surface area contributed by atoms with E-state index in [-0.39, 0.29) is 27.8 Å². The number of nitrogens with one attached hydrogen (secondary N) is 1. The molecule has 0 unspecified atom stereocenters. The fraction of sp³-hybridized carbons (Fsp3) is 0.222. The number of nitro groups is 1. The van der Waals surface area contributed by atoms with Crippen LogP contribution in [0.3, 0.4) is 0 Å². The Morgan fingerprint density at radius 1 is 1.56 bits per heavy atom. The van der Waals surface area contributed by atoms with E-state index in [0.29, 0.717) is 12.2 Å². The Labute approximate surface area is 108 Å². The van der Waals surface area contributed by atoms with Crippen LogP contribution in [0.1, 0.15) is 5.56 Å². The first-order chi connectivity index (χ1) is 7.09. The van der Waals surface area contributed by atoms with E-state index >= 15 is 0 Å². The summed E-state index contributed by atoms with van der Waals surface area (Å²) >= 11 is 1.23. The van der Waals surface area contributed by atoms with E-state index in [2.05, 4.69) is 0 Å². The predicted molar refractivity (Wildman–Crippen MR) is 71.5 cm³/mol. The average molecular weight is 306 g/mol. The number of nitro benzene ring substituents is 1. The van der Waals surface area contributed by atoms with Gasteiger partial charge >= 0.3 is 0 Å². The van der Waals surface area contributed by atoms with Gasteiger partial charge in [0.1, 0.15) is 0 Å². The Morgan fingerprint density at radius 2 is 2.25 bits per heavy atom. The monoisotopic (exact) mass is 305 g/mol. The van der Waals surface area contributed by atoms with Crippen LogP contribution < -0.4 is 5.73 Å². The van der Waals surface area contributed by atoms with E-state index in [1.807, 2.05) is 6.07 Å². The van der Waals surface area contributed by atoms with Crippen molar-refractivity contribution in [3.05, 3.63) is 39.9 Å². The Hall–Kier alpha value is -1.08. The summed E-state index contributed by atoms with van der Waals surface area (Å²) in [5.41, 5.74) is 6.16. The lowest BCUT2D eigenvalue weighted by atomic mass is 10.1. The number of hydrogen-bond donors (Lipinski definition) is 2. The molecule has 0 radical (unpaired) electrons. The van der Waals surface area contributed by atoms with Gasteiger partial charge in [0.15, 0.2) is 5.17 Å². The molecule has 0 atom stereocenters. The van der Waals surface area contributed by atoms with Gasteiger partial charge in [0, 0.05) is 17.9 Å². The highest BCUT2D eigenvalue weighted by molar-refractivity contribution is 8.93. The zero-order chi connectivity index (χ0) is 11.3. The summed E-state index contributed by atoms with van der Waals surface area (Å²) in [6.07, 6.45) is 0.673. The molecule has 7 heteroatoms. The summed E-state index contributed by atoms with van der Waals surface area (Å²) in [6.45, 7) is 0. The molecule has 16 heavy (non-hydrogen) atoms. The molecule has 0 fully saturated rings. The summed E-state index contributed by atoms with van der Waals surface area (Å²) in [5, 5.41) is 17.6. The van der Waals surface area contributed by atoms with E-state index in [1.54, 1.807) is 12.1 Å². The Morgan fingerprint density at radius 3 is 2.81 bits per heavy atom. The van der Waals surface area contributed by atoms with Crippen molar-refractivity contribution in [2.45, 2.75) is 6.42 Å². The van der Waals surface area contributed by atoms with Crippen molar-refractivity contribution in [2.75, 3.05) is 5.75 Å². The fourth-order valence-electron chi connectivity index (χ4n) is 1.10. The summed E-state index contributed by atoms with van der Waals surface area (Å²) in [7, 11) is 0. The van der Waals surface area contributed by atoms with Crippen LogP contribution in [0.4, 0.5) is 5.69 Å². The minimum Gasteiger partial charge on any atom is -0.379 e. The van der Waals surface area contributed by atoms with E-state index in [9.17, 15) is 10.1 Å². The molecule has 1 aromatic rings. The smallest absolute Gasteiger partial charge is 0.269 e. The van der Waals surface area contributed by atoms with Crippen molar-refractivity contribution in [1.82, 2.24) is 0 Å². The minimum atomic E-state index is -0.415. The number of halogens is 1. The van der Waals surface area contributed by atoms with Crippen LogP contribution in [0.5, 0.6) is 0 Å². The Kier molecular flexibility index (Phi) is 6.75. The van der Waals surface area contributed by atoms with Gasteiger partial charge in [-0.1, -0.05) is 23.9 Å². The van der Waals surface area contributed by atoms with Gasteiger partial charge in [-0.05, 0) is 12.0 Å². The third kappa shape index (κ3) is 5.13. The van der Waals surface area contributed by atoms with Crippen molar-refractivity contribution in [2.24, 2.45) is 5.73 Å². The SMILES string of the molecule is Br.N=C(N)SCCc1cccc([N+](=O)[O-])c1. The molecule has 0 aliphatic carbocycles. The fourth-order valence-corrected chi connectivity index (χ4v) is 1.66. The van der Waals surface area contributed by atoms with E-state index in [4.69, 9.17) is 11.1 Å². The van der Waals surface area contributed by atoms with Crippen LogP contribution in [0.15, 0.2) is 24.3 Å². The molecular formula is C9H12BrN3O2S. The number of benzene rings is 1. The van der Waals surface area contributed by atoms with Gasteiger partial charge in [-0.25, -0.2) is 0 Å². The highest BCUT2D eigenvalue weighted by Gasteiger charge is 2.05. The molecule has 0 saturated carbocycles. The first kappa shape index (κ1) is 14.9. The molecule has 0 spiro atoms. The van der Waals surface area contributed by atoms with Crippen molar-refractivity contribution in [3.63, 3.8) is 0 Å². The quantitative estimate of drug-likeness (QED) is 0.386. The lowest BCUT2D eigenvalue weighted by Gasteiger charge is -2.00. The van der Waals surface area contributed by atoms with Crippen LogP contribution in [-0.4, -0.2) is 15.8 Å². The lowest BCUT2D eigenvalue weighted by molar-refractivity contribution is -0.384. The van der Waals surface area contributed by atoms with Crippen molar-refractivity contribution in [1.29, 1.82) is 5.41 Å². The van der Waals surface area contributed by atoms with Gasteiger partial charge in [-0.3, -0.25) is 15.5 Å². The maximum atomic E-state index is 10.5. The maximum absolute atomic E-state index is 10.5. The Bertz CT molecular complexity index is 387.